The minimum absolute atomic E-state index is 0.336. The maximum atomic E-state index is 9.43. The van der Waals surface area contributed by atoms with Crippen molar-refractivity contribution < 1.29 is 9.84 Å². The summed E-state index contributed by atoms with van der Waals surface area (Å²) in [4.78, 5) is 4.53. The van der Waals surface area contributed by atoms with Crippen molar-refractivity contribution in [2.24, 2.45) is 0 Å². The Balaban J connectivity index is 1.82. The van der Waals surface area contributed by atoms with Gasteiger partial charge in [0.1, 0.15) is 6.61 Å². The van der Waals surface area contributed by atoms with Crippen molar-refractivity contribution in [3.63, 3.8) is 0 Å². The second-order valence-corrected chi connectivity index (χ2v) is 5.35. The Labute approximate surface area is 129 Å². The molecule has 1 unspecified atom stereocenters. The molecular formula is C17H19N3O2. The van der Waals surface area contributed by atoms with E-state index in [4.69, 9.17) is 4.74 Å². The highest BCUT2D eigenvalue weighted by atomic mass is 16.5. The van der Waals surface area contributed by atoms with E-state index in [1.54, 1.807) is 17.6 Å². The molecule has 0 saturated heterocycles. The zero-order valence-electron chi connectivity index (χ0n) is 12.5. The molecule has 1 atom stereocenters. The van der Waals surface area contributed by atoms with Crippen LogP contribution in [0.3, 0.4) is 0 Å². The third-order valence-corrected chi connectivity index (χ3v) is 3.43. The maximum absolute atomic E-state index is 9.43. The highest BCUT2D eigenvalue weighted by Crippen LogP contribution is 2.17. The number of aliphatic hydroxyl groups excluding tert-OH is 1. The highest BCUT2D eigenvalue weighted by Gasteiger charge is 2.09. The summed E-state index contributed by atoms with van der Waals surface area (Å²) in [5, 5.41) is 13.7. The van der Waals surface area contributed by atoms with Crippen LogP contribution < -0.4 is 4.74 Å². The van der Waals surface area contributed by atoms with Gasteiger partial charge in [-0.3, -0.25) is 0 Å². The molecular weight excluding hydrogens is 278 g/mol. The average Bonchev–Trinajstić information content (AvgIpc) is 3.00. The Bertz CT molecular complexity index is 738. The van der Waals surface area contributed by atoms with Crippen molar-refractivity contribution in [3.05, 3.63) is 59.9 Å². The van der Waals surface area contributed by atoms with E-state index in [2.05, 4.69) is 10.1 Å². The van der Waals surface area contributed by atoms with Crippen molar-refractivity contribution in [1.29, 1.82) is 0 Å². The summed E-state index contributed by atoms with van der Waals surface area (Å²) in [6.07, 6.45) is 2.75. The van der Waals surface area contributed by atoms with Crippen LogP contribution in [0.15, 0.2) is 48.7 Å². The van der Waals surface area contributed by atoms with E-state index < -0.39 is 0 Å². The Morgan fingerprint density at radius 3 is 2.82 bits per heavy atom. The third kappa shape index (κ3) is 3.43. The van der Waals surface area contributed by atoms with Crippen molar-refractivity contribution in [3.8, 4) is 5.88 Å². The molecule has 0 saturated carbocycles. The van der Waals surface area contributed by atoms with Crippen molar-refractivity contribution in [1.82, 2.24) is 14.6 Å². The van der Waals surface area contributed by atoms with Crippen LogP contribution in [0.5, 0.6) is 5.88 Å². The third-order valence-electron chi connectivity index (χ3n) is 3.43. The SMILES string of the molecule is CC(O)CCc1cc(OCc2ccccc2)n2nccc2n1. The van der Waals surface area contributed by atoms with Gasteiger partial charge in [0.2, 0.25) is 5.88 Å². The molecule has 114 valence electrons. The second-order valence-electron chi connectivity index (χ2n) is 5.35. The predicted molar refractivity (Wildman–Crippen MR) is 83.8 cm³/mol. The summed E-state index contributed by atoms with van der Waals surface area (Å²) in [6, 6.07) is 13.7. The second kappa shape index (κ2) is 6.58. The molecule has 2 aromatic heterocycles. The molecule has 0 spiro atoms. The number of aryl methyl sites for hydroxylation is 1. The van der Waals surface area contributed by atoms with Gasteiger partial charge in [-0.1, -0.05) is 30.3 Å². The topological polar surface area (TPSA) is 59.7 Å². The van der Waals surface area contributed by atoms with E-state index in [0.717, 1.165) is 16.9 Å². The Morgan fingerprint density at radius 2 is 2.05 bits per heavy atom. The number of hydrogen-bond donors (Lipinski definition) is 1. The Hall–Kier alpha value is -2.40. The van der Waals surface area contributed by atoms with Gasteiger partial charge in [-0.15, -0.1) is 0 Å². The highest BCUT2D eigenvalue weighted by molar-refractivity contribution is 5.41. The molecule has 2 heterocycles. The molecule has 0 aliphatic rings. The molecule has 1 N–H and O–H groups in total. The molecule has 0 radical (unpaired) electrons. The molecule has 1 aromatic carbocycles. The zero-order chi connectivity index (χ0) is 15.4. The lowest BCUT2D eigenvalue weighted by atomic mass is 10.1. The van der Waals surface area contributed by atoms with Gasteiger partial charge >= 0.3 is 0 Å². The van der Waals surface area contributed by atoms with E-state index in [1.165, 1.54) is 0 Å². The summed E-state index contributed by atoms with van der Waals surface area (Å²) in [5.74, 6) is 0.666. The Kier molecular flexibility index (Phi) is 4.34. The normalized spacial score (nSPS) is 12.5. The Morgan fingerprint density at radius 1 is 1.23 bits per heavy atom. The fourth-order valence-electron chi connectivity index (χ4n) is 2.25. The number of fused-ring (bicyclic) bond motifs is 1. The standard InChI is InChI=1S/C17H19N3O2/c1-13(21)7-8-15-11-17(20-16(19-15)9-10-18-20)22-12-14-5-3-2-4-6-14/h2-6,9-11,13,21H,7-8,12H2,1H3. The average molecular weight is 297 g/mol. The molecule has 22 heavy (non-hydrogen) atoms. The quantitative estimate of drug-likeness (QED) is 0.760. The first-order valence-corrected chi connectivity index (χ1v) is 7.41. The largest absolute Gasteiger partial charge is 0.473 e. The van der Waals surface area contributed by atoms with Gasteiger partial charge in [0.25, 0.3) is 0 Å². The van der Waals surface area contributed by atoms with Gasteiger partial charge in [0, 0.05) is 17.8 Å². The van der Waals surface area contributed by atoms with Gasteiger partial charge in [-0.05, 0) is 25.3 Å². The van der Waals surface area contributed by atoms with E-state index in [9.17, 15) is 5.11 Å². The molecule has 0 amide bonds. The van der Waals surface area contributed by atoms with Crippen LogP contribution in [0.2, 0.25) is 0 Å². The number of benzene rings is 1. The van der Waals surface area contributed by atoms with Gasteiger partial charge in [0.05, 0.1) is 12.3 Å². The van der Waals surface area contributed by atoms with E-state index in [-0.39, 0.29) is 6.10 Å². The van der Waals surface area contributed by atoms with Crippen molar-refractivity contribution in [2.75, 3.05) is 0 Å². The lowest BCUT2D eigenvalue weighted by Crippen LogP contribution is -2.06. The minimum atomic E-state index is -0.336. The van der Waals surface area contributed by atoms with E-state index in [1.807, 2.05) is 42.5 Å². The number of nitrogens with zero attached hydrogens (tertiary/aromatic N) is 3. The number of rotatable bonds is 6. The molecule has 3 aromatic rings. The van der Waals surface area contributed by atoms with Gasteiger partial charge in [0.15, 0.2) is 5.65 Å². The maximum Gasteiger partial charge on any atom is 0.218 e. The summed E-state index contributed by atoms with van der Waals surface area (Å²) in [5.41, 5.74) is 2.76. The first-order valence-electron chi connectivity index (χ1n) is 7.41. The van der Waals surface area contributed by atoms with Gasteiger partial charge in [-0.2, -0.15) is 9.61 Å². The molecule has 0 aliphatic heterocycles. The van der Waals surface area contributed by atoms with Crippen LogP contribution in [0.1, 0.15) is 24.6 Å². The minimum Gasteiger partial charge on any atom is -0.473 e. The first kappa shape index (κ1) is 14.5. The number of aromatic nitrogens is 3. The fourth-order valence-corrected chi connectivity index (χ4v) is 2.25. The van der Waals surface area contributed by atoms with Gasteiger partial charge in [-0.25, -0.2) is 4.98 Å². The van der Waals surface area contributed by atoms with Crippen LogP contribution >= 0.6 is 0 Å². The number of hydrogen-bond acceptors (Lipinski definition) is 4. The molecule has 5 heteroatoms. The van der Waals surface area contributed by atoms with Crippen LogP contribution in [0.4, 0.5) is 0 Å². The van der Waals surface area contributed by atoms with Crippen LogP contribution in [-0.2, 0) is 13.0 Å². The zero-order valence-corrected chi connectivity index (χ0v) is 12.5. The molecule has 0 fully saturated rings. The lowest BCUT2D eigenvalue weighted by molar-refractivity contribution is 0.184. The fraction of sp³-hybridized carbons (Fsp3) is 0.294. The number of ether oxygens (including phenoxy) is 1. The smallest absolute Gasteiger partial charge is 0.218 e. The molecule has 0 aliphatic carbocycles. The molecule has 5 nitrogen and oxygen atoms in total. The summed E-state index contributed by atoms with van der Waals surface area (Å²) in [7, 11) is 0. The number of aliphatic hydroxyl groups is 1. The predicted octanol–water partition coefficient (Wildman–Crippen LogP) is 2.62. The monoisotopic (exact) mass is 297 g/mol. The summed E-state index contributed by atoms with van der Waals surface area (Å²) < 4.78 is 7.60. The lowest BCUT2D eigenvalue weighted by Gasteiger charge is -2.10. The van der Waals surface area contributed by atoms with E-state index >= 15 is 0 Å². The van der Waals surface area contributed by atoms with Gasteiger partial charge < -0.3 is 9.84 Å². The first-order chi connectivity index (χ1) is 10.7. The van der Waals surface area contributed by atoms with Crippen molar-refractivity contribution >= 4 is 5.65 Å². The van der Waals surface area contributed by atoms with Crippen molar-refractivity contribution in [2.45, 2.75) is 32.5 Å². The van der Waals surface area contributed by atoms with E-state index in [0.29, 0.717) is 25.3 Å². The summed E-state index contributed by atoms with van der Waals surface area (Å²) in [6.45, 7) is 2.26. The summed E-state index contributed by atoms with van der Waals surface area (Å²) >= 11 is 0. The van der Waals surface area contributed by atoms with Crippen LogP contribution in [-0.4, -0.2) is 25.8 Å². The van der Waals surface area contributed by atoms with Crippen LogP contribution in [0, 0.1) is 0 Å². The molecule has 3 rings (SSSR count). The van der Waals surface area contributed by atoms with Crippen LogP contribution in [0.25, 0.3) is 5.65 Å². The molecule has 0 bridgehead atoms.